The molecule has 0 unspecified atom stereocenters. The van der Waals surface area contributed by atoms with Crippen molar-refractivity contribution < 1.29 is 9.59 Å². The molecule has 0 aliphatic heterocycles. The molecule has 0 aliphatic carbocycles. The summed E-state index contributed by atoms with van der Waals surface area (Å²) in [7, 11) is 0. The number of carbonyl (C=O) groups excluding carboxylic acids is 2. The zero-order chi connectivity index (χ0) is 8.53. The number of hydrogen-bond acceptors (Lipinski definition) is 2. The average Bonchev–Trinajstić information content (AvgIpc) is 2.04. The largest absolute Gasteiger partial charge is 0.295 e. The normalized spacial score (nSPS) is 9.55. The Kier molecular flexibility index (Phi) is 7.00. The molecule has 11 heavy (non-hydrogen) atoms. The van der Waals surface area contributed by atoms with E-state index >= 15 is 0 Å². The fraction of sp³-hybridized carbons (Fsp3) is 0.778. The molecule has 2 nitrogen and oxygen atoms in total. The summed E-state index contributed by atoms with van der Waals surface area (Å²) in [5.41, 5.74) is 0. The Morgan fingerprint density at radius 1 is 1.18 bits per heavy atom. The van der Waals surface area contributed by atoms with Crippen LogP contribution in [0.25, 0.3) is 0 Å². The minimum absolute atomic E-state index is 0.263. The highest BCUT2D eigenvalue weighted by Gasteiger charge is 1.97. The molecule has 2 heteroatoms. The van der Waals surface area contributed by atoms with E-state index in [2.05, 4.69) is 6.92 Å². The Labute approximate surface area is 68.0 Å². The first-order valence-electron chi connectivity index (χ1n) is 4.29. The molecular formula is C9H16O2. The lowest BCUT2D eigenvalue weighted by molar-refractivity contribution is -0.129. The molecule has 0 spiro atoms. The van der Waals surface area contributed by atoms with E-state index in [0.717, 1.165) is 12.8 Å². The van der Waals surface area contributed by atoms with Crippen LogP contribution in [0.3, 0.4) is 0 Å². The van der Waals surface area contributed by atoms with Crippen LogP contribution in [0.4, 0.5) is 0 Å². The minimum atomic E-state index is -0.263. The summed E-state index contributed by atoms with van der Waals surface area (Å²) < 4.78 is 0. The van der Waals surface area contributed by atoms with E-state index in [1.165, 1.54) is 19.3 Å². The quantitative estimate of drug-likeness (QED) is 0.321. The fourth-order valence-electron chi connectivity index (χ4n) is 0.962. The molecule has 0 amide bonds. The van der Waals surface area contributed by atoms with Gasteiger partial charge in [-0.3, -0.25) is 9.59 Å². The van der Waals surface area contributed by atoms with Crippen LogP contribution in [-0.2, 0) is 9.59 Å². The third-order valence-corrected chi connectivity index (χ3v) is 1.66. The van der Waals surface area contributed by atoms with Gasteiger partial charge in [-0.1, -0.05) is 32.6 Å². The number of Topliss-reactive ketones (excluding diaryl/α,β-unsaturated/α-hetero) is 1. The summed E-state index contributed by atoms with van der Waals surface area (Å²) in [4.78, 5) is 20.4. The van der Waals surface area contributed by atoms with Crippen molar-refractivity contribution in [3.05, 3.63) is 0 Å². The van der Waals surface area contributed by atoms with E-state index in [9.17, 15) is 9.59 Å². The molecule has 0 aromatic heterocycles. The van der Waals surface area contributed by atoms with Gasteiger partial charge in [-0.2, -0.15) is 0 Å². The van der Waals surface area contributed by atoms with Crippen molar-refractivity contribution in [2.24, 2.45) is 0 Å². The van der Waals surface area contributed by atoms with Crippen molar-refractivity contribution in [2.75, 3.05) is 0 Å². The first-order chi connectivity index (χ1) is 5.31. The number of unbranched alkanes of at least 4 members (excludes halogenated alkanes) is 4. The van der Waals surface area contributed by atoms with Crippen LogP contribution in [0.1, 0.15) is 45.4 Å². The monoisotopic (exact) mass is 156 g/mol. The van der Waals surface area contributed by atoms with Gasteiger partial charge in [-0.05, 0) is 6.42 Å². The molecular weight excluding hydrogens is 140 g/mol. The zero-order valence-electron chi connectivity index (χ0n) is 7.14. The van der Waals surface area contributed by atoms with Crippen molar-refractivity contribution in [3.63, 3.8) is 0 Å². The Morgan fingerprint density at radius 2 is 1.82 bits per heavy atom. The first kappa shape index (κ1) is 10.3. The van der Waals surface area contributed by atoms with Crippen molar-refractivity contribution in [3.8, 4) is 0 Å². The van der Waals surface area contributed by atoms with Gasteiger partial charge in [0.2, 0.25) is 0 Å². The maximum absolute atomic E-state index is 10.5. The van der Waals surface area contributed by atoms with Gasteiger partial charge in [0.15, 0.2) is 12.1 Å². The third-order valence-electron chi connectivity index (χ3n) is 1.66. The van der Waals surface area contributed by atoms with Gasteiger partial charge in [0, 0.05) is 6.42 Å². The Hall–Kier alpha value is -0.660. The average molecular weight is 156 g/mol. The summed E-state index contributed by atoms with van der Waals surface area (Å²) in [6.45, 7) is 2.15. The number of carbonyl (C=O) groups is 2. The van der Waals surface area contributed by atoms with Crippen LogP contribution in [0, 0.1) is 0 Å². The maximum Gasteiger partial charge on any atom is 0.195 e. The van der Waals surface area contributed by atoms with Crippen molar-refractivity contribution >= 4 is 12.1 Å². The van der Waals surface area contributed by atoms with E-state index in [0.29, 0.717) is 12.7 Å². The second kappa shape index (κ2) is 7.45. The van der Waals surface area contributed by atoms with Gasteiger partial charge in [0.05, 0.1) is 0 Å². The van der Waals surface area contributed by atoms with E-state index in [4.69, 9.17) is 0 Å². The lowest BCUT2D eigenvalue weighted by Gasteiger charge is -1.95. The lowest BCUT2D eigenvalue weighted by Crippen LogP contribution is -1.97. The Morgan fingerprint density at radius 3 is 2.36 bits per heavy atom. The molecule has 0 aliphatic rings. The van der Waals surface area contributed by atoms with Crippen LogP contribution in [0.15, 0.2) is 0 Å². The highest BCUT2D eigenvalue weighted by molar-refractivity contribution is 6.24. The number of hydrogen-bond donors (Lipinski definition) is 0. The third kappa shape index (κ3) is 7.23. The van der Waals surface area contributed by atoms with Crippen LogP contribution in [-0.4, -0.2) is 12.1 Å². The molecule has 0 N–H and O–H groups in total. The molecule has 0 radical (unpaired) electrons. The Balaban J connectivity index is 3.01. The lowest BCUT2D eigenvalue weighted by atomic mass is 10.1. The smallest absolute Gasteiger partial charge is 0.195 e. The van der Waals surface area contributed by atoms with Crippen LogP contribution < -0.4 is 0 Å². The standard InChI is InChI=1S/C9H16O2/c1-2-3-4-5-6-7-9(11)8-10/h8H,2-7H2,1H3. The molecule has 0 bridgehead atoms. The zero-order valence-corrected chi connectivity index (χ0v) is 7.14. The van der Waals surface area contributed by atoms with Crippen LogP contribution in [0.5, 0.6) is 0 Å². The van der Waals surface area contributed by atoms with Gasteiger partial charge < -0.3 is 0 Å². The molecule has 0 fully saturated rings. The summed E-state index contributed by atoms with van der Waals surface area (Å²) in [6, 6.07) is 0. The summed E-state index contributed by atoms with van der Waals surface area (Å²) in [5.74, 6) is -0.263. The van der Waals surface area contributed by atoms with E-state index in [-0.39, 0.29) is 5.78 Å². The molecule has 0 rings (SSSR count). The van der Waals surface area contributed by atoms with Gasteiger partial charge >= 0.3 is 0 Å². The van der Waals surface area contributed by atoms with Gasteiger partial charge in [0.25, 0.3) is 0 Å². The summed E-state index contributed by atoms with van der Waals surface area (Å²) in [6.07, 6.45) is 6.43. The molecule has 0 saturated heterocycles. The molecule has 0 saturated carbocycles. The SMILES string of the molecule is CCCCCCCC(=O)C=O. The Bertz CT molecular complexity index is 119. The van der Waals surface area contributed by atoms with Crippen LogP contribution in [0.2, 0.25) is 0 Å². The van der Waals surface area contributed by atoms with Crippen molar-refractivity contribution in [1.29, 1.82) is 0 Å². The number of ketones is 1. The van der Waals surface area contributed by atoms with Gasteiger partial charge in [-0.25, -0.2) is 0 Å². The fourth-order valence-corrected chi connectivity index (χ4v) is 0.962. The van der Waals surface area contributed by atoms with Crippen molar-refractivity contribution in [1.82, 2.24) is 0 Å². The maximum atomic E-state index is 10.5. The highest BCUT2D eigenvalue weighted by Crippen LogP contribution is 2.04. The molecule has 0 aromatic carbocycles. The topological polar surface area (TPSA) is 34.1 Å². The second-order valence-corrected chi connectivity index (χ2v) is 2.75. The second-order valence-electron chi connectivity index (χ2n) is 2.75. The molecule has 64 valence electrons. The van der Waals surface area contributed by atoms with E-state index in [1.54, 1.807) is 0 Å². The van der Waals surface area contributed by atoms with Gasteiger partial charge in [-0.15, -0.1) is 0 Å². The van der Waals surface area contributed by atoms with Crippen molar-refractivity contribution in [2.45, 2.75) is 45.4 Å². The van der Waals surface area contributed by atoms with E-state index in [1.807, 2.05) is 0 Å². The minimum Gasteiger partial charge on any atom is -0.295 e. The number of rotatable bonds is 7. The predicted octanol–water partition coefficient (Wildman–Crippen LogP) is 2.11. The molecule has 0 atom stereocenters. The van der Waals surface area contributed by atoms with Crippen LogP contribution >= 0.6 is 0 Å². The van der Waals surface area contributed by atoms with Gasteiger partial charge in [0.1, 0.15) is 0 Å². The van der Waals surface area contributed by atoms with E-state index < -0.39 is 0 Å². The summed E-state index contributed by atoms with van der Waals surface area (Å²) >= 11 is 0. The first-order valence-corrected chi connectivity index (χ1v) is 4.29. The summed E-state index contributed by atoms with van der Waals surface area (Å²) in [5, 5.41) is 0. The predicted molar refractivity (Wildman–Crippen MR) is 44.4 cm³/mol. The molecule has 0 aromatic rings. The number of aldehydes is 1. The highest BCUT2D eigenvalue weighted by atomic mass is 16.2. The molecule has 0 heterocycles.